The summed E-state index contributed by atoms with van der Waals surface area (Å²) < 4.78 is 0. The molecule has 1 amide bonds. The molecule has 0 aliphatic carbocycles. The highest BCUT2D eigenvalue weighted by Gasteiger charge is 2.32. The lowest BCUT2D eigenvalue weighted by Gasteiger charge is -2.34. The number of piperazine rings is 1. The SMILES string of the molecule is Cc1cc(N2CCN(C)CC2)cc([C@@H]2CCCN2C(=O)c2ccccn2)n1. The minimum atomic E-state index is 0.00236. The van der Waals surface area contributed by atoms with Crippen LogP contribution in [0, 0.1) is 6.92 Å². The van der Waals surface area contributed by atoms with Crippen molar-refractivity contribution < 1.29 is 4.79 Å². The molecule has 0 radical (unpaired) electrons. The number of amides is 1. The number of anilines is 1. The zero-order valence-corrected chi connectivity index (χ0v) is 16.1. The molecule has 142 valence electrons. The monoisotopic (exact) mass is 365 g/mol. The maximum absolute atomic E-state index is 13.0. The van der Waals surface area contributed by atoms with Crippen molar-refractivity contribution in [3.63, 3.8) is 0 Å². The third-order valence-electron chi connectivity index (χ3n) is 5.57. The summed E-state index contributed by atoms with van der Waals surface area (Å²) in [5.74, 6) is 0.00236. The number of aryl methyl sites for hydroxylation is 1. The highest BCUT2D eigenvalue weighted by atomic mass is 16.2. The maximum atomic E-state index is 13.0. The van der Waals surface area contributed by atoms with E-state index in [4.69, 9.17) is 4.98 Å². The van der Waals surface area contributed by atoms with Crippen molar-refractivity contribution >= 4 is 11.6 Å². The van der Waals surface area contributed by atoms with Gasteiger partial charge in [0, 0.05) is 50.3 Å². The van der Waals surface area contributed by atoms with E-state index >= 15 is 0 Å². The molecule has 2 aliphatic heterocycles. The normalized spacial score (nSPS) is 20.9. The van der Waals surface area contributed by atoms with Gasteiger partial charge in [-0.05, 0) is 51.1 Å². The van der Waals surface area contributed by atoms with Crippen LogP contribution in [0.2, 0.25) is 0 Å². The summed E-state index contributed by atoms with van der Waals surface area (Å²) in [4.78, 5) is 28.7. The van der Waals surface area contributed by atoms with Gasteiger partial charge in [-0.1, -0.05) is 6.07 Å². The Kier molecular flexibility index (Phi) is 5.07. The molecule has 0 bridgehead atoms. The van der Waals surface area contributed by atoms with Crippen LogP contribution in [0.5, 0.6) is 0 Å². The van der Waals surface area contributed by atoms with Crippen molar-refractivity contribution in [3.8, 4) is 0 Å². The van der Waals surface area contributed by atoms with Crippen LogP contribution in [0.3, 0.4) is 0 Å². The van der Waals surface area contributed by atoms with Crippen molar-refractivity contribution in [1.82, 2.24) is 19.8 Å². The van der Waals surface area contributed by atoms with Gasteiger partial charge in [-0.25, -0.2) is 0 Å². The van der Waals surface area contributed by atoms with Crippen LogP contribution in [-0.2, 0) is 0 Å². The Hall–Kier alpha value is -2.47. The first-order valence-corrected chi connectivity index (χ1v) is 9.76. The summed E-state index contributed by atoms with van der Waals surface area (Å²) in [6.07, 6.45) is 3.63. The molecule has 0 spiro atoms. The summed E-state index contributed by atoms with van der Waals surface area (Å²) in [5.41, 5.74) is 3.75. The number of likely N-dealkylation sites (N-methyl/N-ethyl adjacent to an activating group) is 1. The Labute approximate surface area is 160 Å². The Morgan fingerprint density at radius 1 is 1.11 bits per heavy atom. The standard InChI is InChI=1S/C21H27N5O/c1-16-14-17(25-12-10-24(2)11-13-25)15-19(23-16)20-7-5-9-26(20)21(27)18-6-3-4-8-22-18/h3-4,6,8,14-15,20H,5,7,9-13H2,1-2H3/t20-/m0/s1. The maximum Gasteiger partial charge on any atom is 0.273 e. The first kappa shape index (κ1) is 17.9. The number of hydrogen-bond donors (Lipinski definition) is 0. The predicted octanol–water partition coefficient (Wildman–Crippen LogP) is 2.51. The Balaban J connectivity index is 1.59. The van der Waals surface area contributed by atoms with E-state index in [-0.39, 0.29) is 11.9 Å². The van der Waals surface area contributed by atoms with Crippen LogP contribution in [0.15, 0.2) is 36.5 Å². The average Bonchev–Trinajstić information content (AvgIpc) is 3.18. The molecule has 27 heavy (non-hydrogen) atoms. The van der Waals surface area contributed by atoms with E-state index < -0.39 is 0 Å². The number of aromatic nitrogens is 2. The number of likely N-dealkylation sites (tertiary alicyclic amines) is 1. The first-order chi connectivity index (χ1) is 13.1. The molecule has 2 aromatic heterocycles. The predicted molar refractivity (Wildman–Crippen MR) is 106 cm³/mol. The molecule has 2 aliphatic rings. The van der Waals surface area contributed by atoms with Crippen molar-refractivity contribution in [3.05, 3.63) is 53.6 Å². The van der Waals surface area contributed by atoms with E-state index in [0.29, 0.717) is 5.69 Å². The number of pyridine rings is 2. The van der Waals surface area contributed by atoms with Crippen LogP contribution in [-0.4, -0.2) is 65.4 Å². The number of hydrogen-bond acceptors (Lipinski definition) is 5. The molecule has 6 heteroatoms. The molecule has 0 unspecified atom stereocenters. The molecule has 6 nitrogen and oxygen atoms in total. The molecule has 2 saturated heterocycles. The van der Waals surface area contributed by atoms with Gasteiger partial charge in [0.15, 0.2) is 0 Å². The van der Waals surface area contributed by atoms with Gasteiger partial charge in [-0.15, -0.1) is 0 Å². The van der Waals surface area contributed by atoms with Gasteiger partial charge in [0.2, 0.25) is 0 Å². The van der Waals surface area contributed by atoms with Crippen molar-refractivity contribution in [2.45, 2.75) is 25.8 Å². The van der Waals surface area contributed by atoms with Crippen molar-refractivity contribution in [1.29, 1.82) is 0 Å². The minimum Gasteiger partial charge on any atom is -0.369 e. The van der Waals surface area contributed by atoms with Gasteiger partial charge < -0.3 is 14.7 Å². The second kappa shape index (κ2) is 7.64. The number of rotatable bonds is 3. The van der Waals surface area contributed by atoms with Crippen LogP contribution in [0.4, 0.5) is 5.69 Å². The second-order valence-corrected chi connectivity index (χ2v) is 7.55. The van der Waals surface area contributed by atoms with Crippen molar-refractivity contribution in [2.24, 2.45) is 0 Å². The van der Waals surface area contributed by atoms with Crippen LogP contribution >= 0.6 is 0 Å². The average molecular weight is 365 g/mol. The fraction of sp³-hybridized carbons (Fsp3) is 0.476. The zero-order chi connectivity index (χ0) is 18.8. The van der Waals surface area contributed by atoms with Crippen molar-refractivity contribution in [2.75, 3.05) is 44.7 Å². The van der Waals surface area contributed by atoms with Gasteiger partial charge in [-0.3, -0.25) is 14.8 Å². The van der Waals surface area contributed by atoms with Gasteiger partial charge >= 0.3 is 0 Å². The van der Waals surface area contributed by atoms with Gasteiger partial charge in [0.05, 0.1) is 11.7 Å². The summed E-state index contributed by atoms with van der Waals surface area (Å²) in [6, 6.07) is 9.87. The molecule has 1 atom stereocenters. The molecule has 4 rings (SSSR count). The minimum absolute atomic E-state index is 0.00236. The largest absolute Gasteiger partial charge is 0.369 e. The molecule has 2 aromatic rings. The number of carbonyl (C=O) groups is 1. The lowest BCUT2D eigenvalue weighted by Crippen LogP contribution is -2.44. The second-order valence-electron chi connectivity index (χ2n) is 7.55. The summed E-state index contributed by atoms with van der Waals surface area (Å²) in [6.45, 7) is 7.01. The highest BCUT2D eigenvalue weighted by molar-refractivity contribution is 5.92. The quantitative estimate of drug-likeness (QED) is 0.837. The highest BCUT2D eigenvalue weighted by Crippen LogP contribution is 2.34. The summed E-state index contributed by atoms with van der Waals surface area (Å²) in [5, 5.41) is 0. The molecular formula is C21H27N5O. The number of carbonyl (C=O) groups excluding carboxylic acids is 1. The third kappa shape index (κ3) is 3.81. The van der Waals surface area contributed by atoms with Gasteiger partial charge in [0.25, 0.3) is 5.91 Å². The molecular weight excluding hydrogens is 338 g/mol. The summed E-state index contributed by atoms with van der Waals surface area (Å²) >= 11 is 0. The lowest BCUT2D eigenvalue weighted by molar-refractivity contribution is 0.0727. The Bertz CT molecular complexity index is 801. The summed E-state index contributed by atoms with van der Waals surface area (Å²) in [7, 11) is 2.17. The topological polar surface area (TPSA) is 52.6 Å². The van der Waals surface area contributed by atoms with E-state index in [1.165, 1.54) is 5.69 Å². The van der Waals surface area contributed by atoms with Gasteiger partial charge in [-0.2, -0.15) is 0 Å². The molecule has 0 N–H and O–H groups in total. The Morgan fingerprint density at radius 2 is 1.93 bits per heavy atom. The van der Waals surface area contributed by atoms with E-state index in [1.54, 1.807) is 12.3 Å². The lowest BCUT2D eigenvalue weighted by atomic mass is 10.1. The first-order valence-electron chi connectivity index (χ1n) is 9.76. The molecule has 4 heterocycles. The van der Waals surface area contributed by atoms with E-state index in [2.05, 4.69) is 34.0 Å². The fourth-order valence-corrected chi connectivity index (χ4v) is 4.05. The smallest absolute Gasteiger partial charge is 0.273 e. The zero-order valence-electron chi connectivity index (χ0n) is 16.1. The fourth-order valence-electron chi connectivity index (χ4n) is 4.05. The van der Waals surface area contributed by atoms with Gasteiger partial charge in [0.1, 0.15) is 5.69 Å². The van der Waals surface area contributed by atoms with Crippen LogP contribution in [0.1, 0.15) is 40.8 Å². The molecule has 0 saturated carbocycles. The van der Waals surface area contributed by atoms with Crippen LogP contribution in [0.25, 0.3) is 0 Å². The Morgan fingerprint density at radius 3 is 2.67 bits per heavy atom. The molecule has 0 aromatic carbocycles. The van der Waals surface area contributed by atoms with Crippen LogP contribution < -0.4 is 4.90 Å². The third-order valence-corrected chi connectivity index (χ3v) is 5.57. The van der Waals surface area contributed by atoms with E-state index in [1.807, 2.05) is 24.0 Å². The number of nitrogens with zero attached hydrogens (tertiary/aromatic N) is 5. The van der Waals surface area contributed by atoms with E-state index in [0.717, 1.165) is 57.0 Å². The molecule has 2 fully saturated rings. The van der Waals surface area contributed by atoms with E-state index in [9.17, 15) is 4.79 Å².